The summed E-state index contributed by atoms with van der Waals surface area (Å²) in [5.74, 6) is 3.16. The van der Waals surface area contributed by atoms with E-state index in [9.17, 15) is 4.79 Å². The standard InChI is InChI=1S/C18H23N3O2/c1-3-23-17-16(6-11(2)8-19-17)20-18(22)21-9-14-12-4-5-13(7-12)15(14)10-21/h4-6,8,12-15H,3,7,9-10H2,1-2H3,(H,20,22)/t12?,13?,14-,15+. The van der Waals surface area contributed by atoms with E-state index in [-0.39, 0.29) is 6.03 Å². The SMILES string of the molecule is CCOc1ncc(C)cc1NC(=O)N1C[C@@H]2C3C=CC(C3)[C@@H]2C1. The molecule has 1 aromatic heterocycles. The van der Waals surface area contributed by atoms with Crippen LogP contribution in [0.4, 0.5) is 10.5 Å². The van der Waals surface area contributed by atoms with E-state index in [0.29, 0.717) is 41.8 Å². The Morgan fingerprint density at radius 1 is 1.35 bits per heavy atom. The number of hydrogen-bond acceptors (Lipinski definition) is 3. The van der Waals surface area contributed by atoms with Gasteiger partial charge in [-0.1, -0.05) is 12.2 Å². The number of likely N-dealkylation sites (tertiary alicyclic amines) is 1. The van der Waals surface area contributed by atoms with Gasteiger partial charge in [0.2, 0.25) is 5.88 Å². The van der Waals surface area contributed by atoms with E-state index in [2.05, 4.69) is 22.5 Å². The van der Waals surface area contributed by atoms with Crippen molar-refractivity contribution in [2.45, 2.75) is 20.3 Å². The molecule has 0 radical (unpaired) electrons. The quantitative estimate of drug-likeness (QED) is 0.873. The number of hydrogen-bond donors (Lipinski definition) is 1. The molecule has 2 amide bonds. The van der Waals surface area contributed by atoms with Crippen molar-refractivity contribution in [2.75, 3.05) is 25.0 Å². The Labute approximate surface area is 136 Å². The van der Waals surface area contributed by atoms with Crippen LogP contribution in [0.1, 0.15) is 18.9 Å². The number of carbonyl (C=O) groups is 1. The van der Waals surface area contributed by atoms with Crippen LogP contribution < -0.4 is 10.1 Å². The molecule has 2 fully saturated rings. The number of rotatable bonds is 3. The second-order valence-electron chi connectivity index (χ2n) is 6.91. The number of nitrogens with one attached hydrogen (secondary N) is 1. The smallest absolute Gasteiger partial charge is 0.322 e. The molecule has 1 saturated heterocycles. The van der Waals surface area contributed by atoms with Crippen molar-refractivity contribution in [3.8, 4) is 5.88 Å². The molecule has 1 aliphatic heterocycles. The number of fused-ring (bicyclic) bond motifs is 5. The van der Waals surface area contributed by atoms with Gasteiger partial charge in [-0.3, -0.25) is 0 Å². The van der Waals surface area contributed by atoms with Crippen LogP contribution in [0.5, 0.6) is 5.88 Å². The zero-order valence-corrected chi connectivity index (χ0v) is 13.7. The maximum Gasteiger partial charge on any atom is 0.322 e. The highest BCUT2D eigenvalue weighted by molar-refractivity contribution is 5.91. The molecule has 3 aliphatic rings. The largest absolute Gasteiger partial charge is 0.476 e. The predicted molar refractivity (Wildman–Crippen MR) is 88.5 cm³/mol. The molecule has 2 bridgehead atoms. The molecular weight excluding hydrogens is 290 g/mol. The first-order chi connectivity index (χ1) is 11.2. The zero-order valence-electron chi connectivity index (χ0n) is 13.7. The van der Waals surface area contributed by atoms with Gasteiger partial charge in [-0.25, -0.2) is 9.78 Å². The third-order valence-electron chi connectivity index (χ3n) is 5.46. The first-order valence-corrected chi connectivity index (χ1v) is 8.49. The fraction of sp³-hybridized carbons (Fsp3) is 0.556. The minimum absolute atomic E-state index is 0.0350. The number of allylic oxidation sites excluding steroid dienone is 2. The highest BCUT2D eigenvalue weighted by atomic mass is 16.5. The number of ether oxygens (including phenoxy) is 1. The van der Waals surface area contributed by atoms with Crippen LogP contribution in [0, 0.1) is 30.6 Å². The summed E-state index contributed by atoms with van der Waals surface area (Å²) >= 11 is 0. The zero-order chi connectivity index (χ0) is 16.0. The lowest BCUT2D eigenvalue weighted by molar-refractivity contribution is 0.217. The van der Waals surface area contributed by atoms with Gasteiger partial charge in [0, 0.05) is 19.3 Å². The minimum atomic E-state index is -0.0350. The molecule has 2 heterocycles. The average Bonchev–Trinajstić information content (AvgIpc) is 3.22. The van der Waals surface area contributed by atoms with Crippen LogP contribution in [-0.4, -0.2) is 35.6 Å². The Balaban J connectivity index is 1.46. The third-order valence-corrected chi connectivity index (χ3v) is 5.46. The maximum absolute atomic E-state index is 12.7. The van der Waals surface area contributed by atoms with E-state index in [1.54, 1.807) is 6.20 Å². The fourth-order valence-electron chi connectivity index (χ4n) is 4.41. The van der Waals surface area contributed by atoms with Gasteiger partial charge in [-0.05, 0) is 55.6 Å². The van der Waals surface area contributed by atoms with Crippen LogP contribution in [0.2, 0.25) is 0 Å². The van der Waals surface area contributed by atoms with E-state index in [0.717, 1.165) is 18.7 Å². The summed E-state index contributed by atoms with van der Waals surface area (Å²) < 4.78 is 5.52. The topological polar surface area (TPSA) is 54.5 Å². The number of urea groups is 1. The lowest BCUT2D eigenvalue weighted by Gasteiger charge is -2.20. The number of amides is 2. The van der Waals surface area contributed by atoms with Crippen molar-refractivity contribution < 1.29 is 9.53 Å². The lowest BCUT2D eigenvalue weighted by Crippen LogP contribution is -2.34. The normalized spacial score (nSPS) is 30.6. The Morgan fingerprint density at radius 2 is 2.04 bits per heavy atom. The molecule has 0 spiro atoms. The Morgan fingerprint density at radius 3 is 2.70 bits per heavy atom. The number of aromatic nitrogens is 1. The Kier molecular flexibility index (Phi) is 3.51. The van der Waals surface area contributed by atoms with Crippen molar-refractivity contribution in [3.05, 3.63) is 30.0 Å². The Bertz CT molecular complexity index is 638. The van der Waals surface area contributed by atoms with E-state index in [1.807, 2.05) is 24.8 Å². The van der Waals surface area contributed by atoms with Crippen molar-refractivity contribution in [2.24, 2.45) is 23.7 Å². The van der Waals surface area contributed by atoms with Gasteiger partial charge in [0.15, 0.2) is 0 Å². The third kappa shape index (κ3) is 2.48. The summed E-state index contributed by atoms with van der Waals surface area (Å²) in [4.78, 5) is 18.9. The molecule has 1 N–H and O–H groups in total. The van der Waals surface area contributed by atoms with Gasteiger partial charge >= 0.3 is 6.03 Å². The molecule has 4 atom stereocenters. The second-order valence-corrected chi connectivity index (χ2v) is 6.91. The fourth-order valence-corrected chi connectivity index (χ4v) is 4.41. The first-order valence-electron chi connectivity index (χ1n) is 8.49. The van der Waals surface area contributed by atoms with E-state index >= 15 is 0 Å². The summed E-state index contributed by atoms with van der Waals surface area (Å²) in [6, 6.07) is 1.88. The summed E-state index contributed by atoms with van der Waals surface area (Å²) in [5.41, 5.74) is 1.67. The van der Waals surface area contributed by atoms with Crippen LogP contribution in [0.3, 0.4) is 0 Å². The molecular formula is C18H23N3O2. The highest BCUT2D eigenvalue weighted by Crippen LogP contribution is 2.51. The molecule has 0 aromatic carbocycles. The number of carbonyl (C=O) groups excluding carboxylic acids is 1. The van der Waals surface area contributed by atoms with Gasteiger partial charge in [-0.15, -0.1) is 0 Å². The molecule has 5 heteroatoms. The van der Waals surface area contributed by atoms with Gasteiger partial charge in [0.1, 0.15) is 5.69 Å². The first kappa shape index (κ1) is 14.5. The van der Waals surface area contributed by atoms with Gasteiger partial charge in [0.05, 0.1) is 6.61 Å². The highest BCUT2D eigenvalue weighted by Gasteiger charge is 2.50. The molecule has 2 unspecified atom stereocenters. The van der Waals surface area contributed by atoms with Crippen molar-refractivity contribution in [3.63, 3.8) is 0 Å². The number of pyridine rings is 1. The minimum Gasteiger partial charge on any atom is -0.476 e. The molecule has 1 saturated carbocycles. The van der Waals surface area contributed by atoms with E-state index in [1.165, 1.54) is 6.42 Å². The lowest BCUT2D eigenvalue weighted by atomic mass is 9.86. The summed E-state index contributed by atoms with van der Waals surface area (Å²) in [6.45, 7) is 6.14. The van der Waals surface area contributed by atoms with Crippen LogP contribution in [0.15, 0.2) is 24.4 Å². The average molecular weight is 313 g/mol. The molecule has 4 rings (SSSR count). The van der Waals surface area contributed by atoms with Gasteiger partial charge < -0.3 is 15.0 Å². The molecule has 23 heavy (non-hydrogen) atoms. The van der Waals surface area contributed by atoms with Gasteiger partial charge in [-0.2, -0.15) is 0 Å². The number of aryl methyl sites for hydroxylation is 1. The van der Waals surface area contributed by atoms with E-state index < -0.39 is 0 Å². The summed E-state index contributed by atoms with van der Waals surface area (Å²) in [5, 5.41) is 3.00. The van der Waals surface area contributed by atoms with Crippen molar-refractivity contribution in [1.82, 2.24) is 9.88 Å². The molecule has 2 aliphatic carbocycles. The van der Waals surface area contributed by atoms with Crippen LogP contribution in [0.25, 0.3) is 0 Å². The van der Waals surface area contributed by atoms with Crippen molar-refractivity contribution in [1.29, 1.82) is 0 Å². The predicted octanol–water partition coefficient (Wildman–Crippen LogP) is 3.07. The molecule has 1 aromatic rings. The number of nitrogens with zero attached hydrogens (tertiary/aromatic N) is 2. The summed E-state index contributed by atoms with van der Waals surface area (Å²) in [6.07, 6.45) is 7.75. The maximum atomic E-state index is 12.7. The van der Waals surface area contributed by atoms with E-state index in [4.69, 9.17) is 4.74 Å². The van der Waals surface area contributed by atoms with Crippen LogP contribution >= 0.6 is 0 Å². The van der Waals surface area contributed by atoms with Crippen molar-refractivity contribution >= 4 is 11.7 Å². The number of anilines is 1. The molecule has 122 valence electrons. The van der Waals surface area contributed by atoms with Crippen LogP contribution in [-0.2, 0) is 0 Å². The second kappa shape index (κ2) is 5.55. The molecule has 5 nitrogen and oxygen atoms in total. The monoisotopic (exact) mass is 313 g/mol. The Hall–Kier alpha value is -2.04. The summed E-state index contributed by atoms with van der Waals surface area (Å²) in [7, 11) is 0. The van der Waals surface area contributed by atoms with Gasteiger partial charge in [0.25, 0.3) is 0 Å².